The van der Waals surface area contributed by atoms with E-state index in [2.05, 4.69) is 5.32 Å². The molecule has 0 spiro atoms. The summed E-state index contributed by atoms with van der Waals surface area (Å²) in [5, 5.41) is 3.29. The second kappa shape index (κ2) is 6.90. The van der Waals surface area contributed by atoms with Crippen LogP contribution in [0.15, 0.2) is 18.2 Å². The normalized spacial score (nSPS) is 11.0. The van der Waals surface area contributed by atoms with Crippen LogP contribution in [0.2, 0.25) is 5.02 Å². The number of nitrogens with two attached hydrogens (primary N) is 1. The van der Waals surface area contributed by atoms with Crippen LogP contribution in [0.5, 0.6) is 5.75 Å². The second-order valence-corrected chi connectivity index (χ2v) is 5.93. The van der Waals surface area contributed by atoms with Gasteiger partial charge in [-0.2, -0.15) is 0 Å². The van der Waals surface area contributed by atoms with Gasteiger partial charge in [-0.15, -0.1) is 0 Å². The number of benzene rings is 1. The Hall–Kier alpha value is -1.33. The SMILES string of the molecule is CCC(C)(C)NC(=O)COc1ccc(C(N)=S)c(Cl)c1. The number of rotatable bonds is 6. The molecule has 3 N–H and O–H groups in total. The van der Waals surface area contributed by atoms with E-state index in [0.29, 0.717) is 16.3 Å². The van der Waals surface area contributed by atoms with E-state index in [1.165, 1.54) is 0 Å². The fourth-order valence-corrected chi connectivity index (χ4v) is 1.94. The number of thiocarbonyl (C=S) groups is 1. The summed E-state index contributed by atoms with van der Waals surface area (Å²) in [4.78, 5) is 12.0. The lowest BCUT2D eigenvalue weighted by Crippen LogP contribution is -2.44. The van der Waals surface area contributed by atoms with Crippen LogP contribution in [0, 0.1) is 0 Å². The van der Waals surface area contributed by atoms with Crippen LogP contribution in [-0.2, 0) is 4.79 Å². The minimum Gasteiger partial charge on any atom is -0.484 e. The van der Waals surface area contributed by atoms with E-state index in [1.54, 1.807) is 18.2 Å². The lowest BCUT2D eigenvalue weighted by molar-refractivity contribution is -0.124. The predicted molar refractivity (Wildman–Crippen MR) is 85.3 cm³/mol. The Bertz CT molecular complexity index is 518. The maximum Gasteiger partial charge on any atom is 0.258 e. The van der Waals surface area contributed by atoms with Gasteiger partial charge >= 0.3 is 0 Å². The van der Waals surface area contributed by atoms with Crippen LogP contribution in [0.25, 0.3) is 0 Å². The van der Waals surface area contributed by atoms with Crippen molar-refractivity contribution in [2.24, 2.45) is 5.73 Å². The van der Waals surface area contributed by atoms with Crippen LogP contribution in [0.4, 0.5) is 0 Å². The van der Waals surface area contributed by atoms with Crippen LogP contribution in [0.1, 0.15) is 32.8 Å². The molecule has 0 bridgehead atoms. The van der Waals surface area contributed by atoms with Crippen molar-refractivity contribution < 1.29 is 9.53 Å². The molecule has 110 valence electrons. The number of hydrogen-bond donors (Lipinski definition) is 2. The molecule has 4 nitrogen and oxygen atoms in total. The molecule has 0 aromatic heterocycles. The molecule has 0 heterocycles. The van der Waals surface area contributed by atoms with Crippen molar-refractivity contribution in [1.82, 2.24) is 5.32 Å². The molecule has 0 aliphatic rings. The third-order valence-electron chi connectivity index (χ3n) is 2.94. The first-order valence-corrected chi connectivity index (χ1v) is 7.07. The van der Waals surface area contributed by atoms with Gasteiger partial charge in [0.15, 0.2) is 6.61 Å². The molecule has 1 amide bonds. The number of carbonyl (C=O) groups is 1. The molecule has 1 aromatic rings. The van der Waals surface area contributed by atoms with Crippen LogP contribution < -0.4 is 15.8 Å². The lowest BCUT2D eigenvalue weighted by atomic mass is 10.0. The third kappa shape index (κ3) is 4.98. The standard InChI is InChI=1S/C14H19ClN2O2S/c1-4-14(2,3)17-12(18)8-19-9-5-6-10(13(16)20)11(15)7-9/h5-7H,4,8H2,1-3H3,(H2,16,20)(H,17,18). The molecule has 0 aliphatic heterocycles. The van der Waals surface area contributed by atoms with Gasteiger partial charge < -0.3 is 15.8 Å². The smallest absolute Gasteiger partial charge is 0.258 e. The number of carbonyl (C=O) groups excluding carboxylic acids is 1. The van der Waals surface area contributed by atoms with Crippen LogP contribution >= 0.6 is 23.8 Å². The first-order chi connectivity index (χ1) is 9.25. The zero-order chi connectivity index (χ0) is 15.3. The van der Waals surface area contributed by atoms with E-state index in [0.717, 1.165) is 6.42 Å². The molecule has 0 saturated carbocycles. The summed E-state index contributed by atoms with van der Waals surface area (Å²) >= 11 is 10.9. The third-order valence-corrected chi connectivity index (χ3v) is 3.47. The molecule has 0 unspecified atom stereocenters. The molecule has 0 fully saturated rings. The van der Waals surface area contributed by atoms with Crippen molar-refractivity contribution in [2.45, 2.75) is 32.7 Å². The van der Waals surface area contributed by atoms with Crippen molar-refractivity contribution in [3.63, 3.8) is 0 Å². The fraction of sp³-hybridized carbons (Fsp3) is 0.429. The average molecular weight is 315 g/mol. The molecule has 1 aromatic carbocycles. The van der Waals surface area contributed by atoms with Crippen molar-refractivity contribution >= 4 is 34.7 Å². The number of amides is 1. The summed E-state index contributed by atoms with van der Waals surface area (Å²) < 4.78 is 5.39. The van der Waals surface area contributed by atoms with E-state index in [9.17, 15) is 4.79 Å². The molecule has 1 rings (SSSR count). The monoisotopic (exact) mass is 314 g/mol. The topological polar surface area (TPSA) is 64.3 Å². The maximum absolute atomic E-state index is 11.7. The number of ether oxygens (including phenoxy) is 1. The summed E-state index contributed by atoms with van der Waals surface area (Å²) in [6.45, 7) is 5.86. The predicted octanol–water partition coefficient (Wildman–Crippen LogP) is 2.66. The molecule has 0 saturated heterocycles. The zero-order valence-electron chi connectivity index (χ0n) is 11.8. The molecule has 0 aliphatic carbocycles. The average Bonchev–Trinajstić information content (AvgIpc) is 2.35. The number of halogens is 1. The van der Waals surface area contributed by atoms with Gasteiger partial charge in [-0.3, -0.25) is 4.79 Å². The minimum absolute atomic E-state index is 0.0633. The second-order valence-electron chi connectivity index (χ2n) is 5.08. The Kier molecular flexibility index (Phi) is 5.77. The van der Waals surface area contributed by atoms with Gasteiger partial charge in [0.05, 0.1) is 5.02 Å². The fourth-order valence-electron chi connectivity index (χ4n) is 1.44. The van der Waals surface area contributed by atoms with Gasteiger partial charge in [0.1, 0.15) is 10.7 Å². The summed E-state index contributed by atoms with van der Waals surface area (Å²) in [5.74, 6) is 0.325. The summed E-state index contributed by atoms with van der Waals surface area (Å²) in [6, 6.07) is 4.95. The van der Waals surface area contributed by atoms with Crippen molar-refractivity contribution in [3.05, 3.63) is 28.8 Å². The highest BCUT2D eigenvalue weighted by atomic mass is 35.5. The Labute approximate surface area is 129 Å². The van der Waals surface area contributed by atoms with Gasteiger partial charge in [0.25, 0.3) is 5.91 Å². The van der Waals surface area contributed by atoms with Gasteiger partial charge in [-0.25, -0.2) is 0 Å². The first kappa shape index (κ1) is 16.7. The molecule has 6 heteroatoms. The molecule has 20 heavy (non-hydrogen) atoms. The maximum atomic E-state index is 11.7. The lowest BCUT2D eigenvalue weighted by Gasteiger charge is -2.24. The first-order valence-electron chi connectivity index (χ1n) is 6.28. The van der Waals surface area contributed by atoms with Gasteiger partial charge in [-0.1, -0.05) is 30.7 Å². The molecular formula is C14H19ClN2O2S. The van der Waals surface area contributed by atoms with Gasteiger partial charge in [-0.05, 0) is 38.5 Å². The summed E-state index contributed by atoms with van der Waals surface area (Å²) in [7, 11) is 0. The Morgan fingerprint density at radius 3 is 2.65 bits per heavy atom. The largest absolute Gasteiger partial charge is 0.484 e. The minimum atomic E-state index is -0.242. The van der Waals surface area contributed by atoms with E-state index in [4.69, 9.17) is 34.3 Å². The number of nitrogens with one attached hydrogen (secondary N) is 1. The zero-order valence-corrected chi connectivity index (χ0v) is 13.4. The van der Waals surface area contributed by atoms with Gasteiger partial charge in [0, 0.05) is 11.1 Å². The van der Waals surface area contributed by atoms with E-state index >= 15 is 0 Å². The quantitative estimate of drug-likeness (QED) is 0.792. The van der Waals surface area contributed by atoms with Gasteiger partial charge in [0.2, 0.25) is 0 Å². The molecule has 0 radical (unpaired) electrons. The van der Waals surface area contributed by atoms with Crippen molar-refractivity contribution in [3.8, 4) is 5.75 Å². The highest BCUT2D eigenvalue weighted by Crippen LogP contribution is 2.22. The Morgan fingerprint density at radius 2 is 2.15 bits per heavy atom. The van der Waals surface area contributed by atoms with Crippen molar-refractivity contribution in [1.29, 1.82) is 0 Å². The van der Waals surface area contributed by atoms with E-state index in [1.807, 2.05) is 20.8 Å². The van der Waals surface area contributed by atoms with Crippen molar-refractivity contribution in [2.75, 3.05) is 6.61 Å². The molecule has 0 atom stereocenters. The van der Waals surface area contributed by atoms with Crippen LogP contribution in [-0.4, -0.2) is 23.0 Å². The van der Waals surface area contributed by atoms with Crippen LogP contribution in [0.3, 0.4) is 0 Å². The Balaban J connectivity index is 2.60. The number of hydrogen-bond acceptors (Lipinski definition) is 3. The summed E-state index contributed by atoms with van der Waals surface area (Å²) in [6.07, 6.45) is 0.840. The molecular weight excluding hydrogens is 296 g/mol. The summed E-state index contributed by atoms with van der Waals surface area (Å²) in [5.41, 5.74) is 5.86. The highest BCUT2D eigenvalue weighted by molar-refractivity contribution is 7.80. The Morgan fingerprint density at radius 1 is 1.50 bits per heavy atom. The highest BCUT2D eigenvalue weighted by Gasteiger charge is 2.18. The van der Waals surface area contributed by atoms with E-state index in [-0.39, 0.29) is 23.0 Å². The van der Waals surface area contributed by atoms with E-state index < -0.39 is 0 Å².